The summed E-state index contributed by atoms with van der Waals surface area (Å²) in [4.78, 5) is 28.4. The lowest BCUT2D eigenvalue weighted by Gasteiger charge is -2.32. The molecular formula is C30H36ClN3O5S. The van der Waals surface area contributed by atoms with E-state index >= 15 is 0 Å². The lowest BCUT2D eigenvalue weighted by atomic mass is 10.1. The zero-order valence-corrected chi connectivity index (χ0v) is 24.8. The van der Waals surface area contributed by atoms with Gasteiger partial charge in [-0.15, -0.1) is 0 Å². The molecule has 0 bridgehead atoms. The van der Waals surface area contributed by atoms with Crippen LogP contribution in [0.2, 0.25) is 5.02 Å². The van der Waals surface area contributed by atoms with Crippen molar-refractivity contribution in [1.82, 2.24) is 10.2 Å². The summed E-state index contributed by atoms with van der Waals surface area (Å²) in [7, 11) is -2.57. The quantitative estimate of drug-likeness (QED) is 0.279. The summed E-state index contributed by atoms with van der Waals surface area (Å²) in [6.07, 6.45) is 1.72. The van der Waals surface area contributed by atoms with Gasteiger partial charge in [0.25, 0.3) is 10.0 Å². The van der Waals surface area contributed by atoms with Crippen molar-refractivity contribution in [3.8, 4) is 5.75 Å². The van der Waals surface area contributed by atoms with Gasteiger partial charge in [0.15, 0.2) is 0 Å². The minimum Gasteiger partial charge on any atom is -0.497 e. The Labute approximate surface area is 241 Å². The topological polar surface area (TPSA) is 96.0 Å². The SMILES string of the molecule is CCCCNC(=O)[C@H](C)N(Cc1ccc(OC)cc1)C(=O)CN(c1ccc(Cl)cc1)S(=O)(=O)c1ccc(C)cc1. The number of anilines is 1. The molecule has 0 radical (unpaired) electrons. The molecule has 1 atom stereocenters. The molecule has 0 aliphatic rings. The normalized spacial score (nSPS) is 11.9. The molecule has 0 saturated carbocycles. The monoisotopic (exact) mass is 585 g/mol. The number of aryl methyl sites for hydroxylation is 1. The third-order valence-corrected chi connectivity index (χ3v) is 8.55. The number of benzene rings is 3. The summed E-state index contributed by atoms with van der Waals surface area (Å²) >= 11 is 6.07. The van der Waals surface area contributed by atoms with Crippen LogP contribution in [-0.4, -0.2) is 51.4 Å². The van der Waals surface area contributed by atoms with Crippen LogP contribution in [0.25, 0.3) is 0 Å². The van der Waals surface area contributed by atoms with Gasteiger partial charge in [0.05, 0.1) is 17.7 Å². The summed E-state index contributed by atoms with van der Waals surface area (Å²) < 4.78 is 33.9. The van der Waals surface area contributed by atoms with E-state index in [0.717, 1.165) is 28.3 Å². The Morgan fingerprint density at radius 1 is 0.975 bits per heavy atom. The summed E-state index contributed by atoms with van der Waals surface area (Å²) in [5.41, 5.74) is 1.95. The van der Waals surface area contributed by atoms with Crippen LogP contribution < -0.4 is 14.4 Å². The van der Waals surface area contributed by atoms with Crippen LogP contribution in [-0.2, 0) is 26.2 Å². The molecule has 3 aromatic rings. The second kappa shape index (κ2) is 14.2. The van der Waals surface area contributed by atoms with Crippen LogP contribution in [0.3, 0.4) is 0 Å². The van der Waals surface area contributed by atoms with Crippen LogP contribution in [0.15, 0.2) is 77.7 Å². The summed E-state index contributed by atoms with van der Waals surface area (Å²) in [6.45, 7) is 5.60. The van der Waals surface area contributed by atoms with E-state index in [4.69, 9.17) is 16.3 Å². The third-order valence-electron chi connectivity index (χ3n) is 6.51. The molecule has 3 rings (SSSR count). The lowest BCUT2D eigenvalue weighted by molar-refractivity contribution is -0.139. The Morgan fingerprint density at radius 2 is 1.60 bits per heavy atom. The van der Waals surface area contributed by atoms with Gasteiger partial charge in [-0.05, 0) is 74.4 Å². The zero-order chi connectivity index (χ0) is 29.3. The molecule has 0 saturated heterocycles. The van der Waals surface area contributed by atoms with Crippen molar-refractivity contribution in [3.05, 3.63) is 88.9 Å². The second-order valence-corrected chi connectivity index (χ2v) is 11.8. The number of carbonyl (C=O) groups excluding carboxylic acids is 2. The lowest BCUT2D eigenvalue weighted by Crippen LogP contribution is -2.51. The third kappa shape index (κ3) is 7.99. The Kier molecular flexibility index (Phi) is 11.0. The highest BCUT2D eigenvalue weighted by Crippen LogP contribution is 2.26. The number of hydrogen-bond acceptors (Lipinski definition) is 5. The molecule has 3 aromatic carbocycles. The molecule has 10 heteroatoms. The highest BCUT2D eigenvalue weighted by molar-refractivity contribution is 7.92. The maximum Gasteiger partial charge on any atom is 0.264 e. The van der Waals surface area contributed by atoms with Gasteiger partial charge < -0.3 is 15.0 Å². The molecule has 0 spiro atoms. The smallest absolute Gasteiger partial charge is 0.264 e. The first-order valence-corrected chi connectivity index (χ1v) is 14.9. The number of nitrogens with one attached hydrogen (secondary N) is 1. The minimum absolute atomic E-state index is 0.0490. The number of amides is 2. The fraction of sp³-hybridized carbons (Fsp3) is 0.333. The summed E-state index contributed by atoms with van der Waals surface area (Å²) in [5, 5.41) is 3.31. The van der Waals surface area contributed by atoms with Crippen LogP contribution in [0, 0.1) is 6.92 Å². The van der Waals surface area contributed by atoms with Crippen LogP contribution in [0.4, 0.5) is 5.69 Å². The van der Waals surface area contributed by atoms with E-state index in [0.29, 0.717) is 17.3 Å². The van der Waals surface area contributed by atoms with E-state index in [1.54, 1.807) is 74.7 Å². The highest BCUT2D eigenvalue weighted by Gasteiger charge is 2.32. The highest BCUT2D eigenvalue weighted by atomic mass is 35.5. The Balaban J connectivity index is 1.98. The fourth-order valence-electron chi connectivity index (χ4n) is 4.02. The number of halogens is 1. The number of unbranched alkanes of at least 4 members (excludes halogenated alkanes) is 1. The molecule has 0 fully saturated rings. The van der Waals surface area contributed by atoms with E-state index in [2.05, 4.69) is 5.32 Å². The van der Waals surface area contributed by atoms with Gasteiger partial charge in [0, 0.05) is 18.1 Å². The number of methoxy groups -OCH3 is 1. The predicted octanol–water partition coefficient (Wildman–Crippen LogP) is 5.19. The molecular weight excluding hydrogens is 550 g/mol. The molecule has 214 valence electrons. The minimum atomic E-state index is -4.13. The maximum atomic E-state index is 13.9. The van der Waals surface area contributed by atoms with Gasteiger partial charge in [-0.25, -0.2) is 8.42 Å². The summed E-state index contributed by atoms with van der Waals surface area (Å²) in [5.74, 6) is -0.181. The summed E-state index contributed by atoms with van der Waals surface area (Å²) in [6, 6.07) is 19.0. The molecule has 0 aliphatic carbocycles. The Morgan fingerprint density at radius 3 is 2.17 bits per heavy atom. The fourth-order valence-corrected chi connectivity index (χ4v) is 5.56. The first-order valence-electron chi connectivity index (χ1n) is 13.1. The van der Waals surface area contributed by atoms with Crippen LogP contribution >= 0.6 is 11.6 Å². The number of sulfonamides is 1. The molecule has 40 heavy (non-hydrogen) atoms. The van der Waals surface area contributed by atoms with Crippen LogP contribution in [0.5, 0.6) is 5.75 Å². The standard InChI is InChI=1S/C30H36ClN3O5S/c1-5-6-19-32-30(36)23(3)33(20-24-9-15-27(39-4)16-10-24)29(35)21-34(26-13-11-25(31)12-14-26)40(37,38)28-17-7-22(2)8-18-28/h7-18,23H,5-6,19-21H2,1-4H3,(H,32,36)/t23-/m0/s1. The molecule has 0 heterocycles. The average Bonchev–Trinajstić information content (AvgIpc) is 2.95. The first kappa shape index (κ1) is 31.0. The van der Waals surface area contributed by atoms with Gasteiger partial charge in [-0.1, -0.05) is 54.8 Å². The average molecular weight is 586 g/mol. The van der Waals surface area contributed by atoms with E-state index in [9.17, 15) is 18.0 Å². The second-order valence-electron chi connectivity index (χ2n) is 9.49. The predicted molar refractivity (Wildman–Crippen MR) is 158 cm³/mol. The van der Waals surface area contributed by atoms with Gasteiger partial charge in [-0.2, -0.15) is 0 Å². The maximum absolute atomic E-state index is 13.9. The van der Waals surface area contributed by atoms with Crippen molar-refractivity contribution in [2.24, 2.45) is 0 Å². The zero-order valence-electron chi connectivity index (χ0n) is 23.3. The number of hydrogen-bond donors (Lipinski definition) is 1. The molecule has 8 nitrogen and oxygen atoms in total. The van der Waals surface area contributed by atoms with E-state index in [1.165, 1.54) is 17.0 Å². The number of carbonyl (C=O) groups is 2. The van der Waals surface area contributed by atoms with E-state index in [1.807, 2.05) is 13.8 Å². The van der Waals surface area contributed by atoms with Crippen molar-refractivity contribution >= 4 is 39.1 Å². The van der Waals surface area contributed by atoms with E-state index < -0.39 is 28.5 Å². The first-order chi connectivity index (χ1) is 19.1. The van der Waals surface area contributed by atoms with Crippen molar-refractivity contribution < 1.29 is 22.7 Å². The number of rotatable bonds is 13. The number of nitrogens with zero attached hydrogens (tertiary/aromatic N) is 2. The Bertz CT molecular complexity index is 1380. The van der Waals surface area contributed by atoms with Gasteiger partial charge >= 0.3 is 0 Å². The molecule has 1 N–H and O–H groups in total. The molecule has 0 aromatic heterocycles. The number of ether oxygens (including phenoxy) is 1. The Hall–Kier alpha value is -3.56. The van der Waals surface area contributed by atoms with Crippen molar-refractivity contribution in [1.29, 1.82) is 0 Å². The van der Waals surface area contributed by atoms with Crippen molar-refractivity contribution in [3.63, 3.8) is 0 Å². The van der Waals surface area contributed by atoms with Gasteiger partial charge in [0.2, 0.25) is 11.8 Å². The van der Waals surface area contributed by atoms with Crippen LogP contribution in [0.1, 0.15) is 37.8 Å². The van der Waals surface area contributed by atoms with E-state index in [-0.39, 0.29) is 23.0 Å². The molecule has 0 aliphatic heterocycles. The molecule has 2 amide bonds. The largest absolute Gasteiger partial charge is 0.497 e. The van der Waals surface area contributed by atoms with Gasteiger partial charge in [0.1, 0.15) is 18.3 Å². The van der Waals surface area contributed by atoms with Crippen molar-refractivity contribution in [2.45, 2.75) is 51.1 Å². The van der Waals surface area contributed by atoms with Crippen molar-refractivity contribution in [2.75, 3.05) is 24.5 Å². The van der Waals surface area contributed by atoms with Gasteiger partial charge in [-0.3, -0.25) is 13.9 Å². The molecule has 0 unspecified atom stereocenters.